The van der Waals surface area contributed by atoms with Crippen molar-refractivity contribution < 1.29 is 9.53 Å². The first-order chi connectivity index (χ1) is 10.2. The summed E-state index contributed by atoms with van der Waals surface area (Å²) in [5, 5.41) is 8.14. The van der Waals surface area contributed by atoms with Gasteiger partial charge in [0.15, 0.2) is 0 Å². The largest absolute Gasteiger partial charge is 0.444 e. The molecule has 0 saturated carbocycles. The Bertz CT molecular complexity index is 605. The highest BCUT2D eigenvalue weighted by atomic mass is 16.6. The number of ether oxygens (including phenoxy) is 1. The molecule has 0 bridgehead atoms. The van der Waals surface area contributed by atoms with Gasteiger partial charge in [0.1, 0.15) is 11.4 Å². The van der Waals surface area contributed by atoms with Crippen molar-refractivity contribution in [1.82, 2.24) is 15.1 Å². The van der Waals surface area contributed by atoms with Gasteiger partial charge in [0, 0.05) is 19.0 Å². The summed E-state index contributed by atoms with van der Waals surface area (Å²) in [6.07, 6.45) is 1.74. The van der Waals surface area contributed by atoms with E-state index in [1.165, 1.54) is 0 Å². The number of nitrogens with zero attached hydrogens (tertiary/aromatic N) is 3. The van der Waals surface area contributed by atoms with E-state index in [1.54, 1.807) is 4.90 Å². The number of nitrogens with two attached hydrogens (primary N) is 1. The maximum Gasteiger partial charge on any atom is 0.410 e. The van der Waals surface area contributed by atoms with Gasteiger partial charge in [0.05, 0.1) is 5.69 Å². The van der Waals surface area contributed by atoms with E-state index >= 15 is 0 Å². The second-order valence-electron chi connectivity index (χ2n) is 6.75. The zero-order valence-electron chi connectivity index (χ0n) is 13.9. The van der Waals surface area contributed by atoms with Gasteiger partial charge in [-0.3, -0.25) is 0 Å². The van der Waals surface area contributed by atoms with Gasteiger partial charge in [0.2, 0.25) is 0 Å². The number of aryl methyl sites for hydroxylation is 1. The predicted molar refractivity (Wildman–Crippen MR) is 86.1 cm³/mol. The van der Waals surface area contributed by atoms with Gasteiger partial charge < -0.3 is 15.4 Å². The molecule has 6 nitrogen and oxygen atoms in total. The first-order valence-corrected chi connectivity index (χ1v) is 7.45. The number of rotatable bonds is 1. The highest BCUT2D eigenvalue weighted by Gasteiger charge is 2.28. The molecule has 1 aromatic rings. The van der Waals surface area contributed by atoms with E-state index in [4.69, 9.17) is 10.5 Å². The van der Waals surface area contributed by atoms with Gasteiger partial charge in [-0.25, -0.2) is 4.79 Å². The Labute approximate surface area is 131 Å². The molecule has 2 rings (SSSR count). The number of hydrogen-bond acceptors (Lipinski definition) is 5. The lowest BCUT2D eigenvalue weighted by atomic mass is 9.92. The van der Waals surface area contributed by atoms with E-state index in [1.807, 2.05) is 39.8 Å². The average Bonchev–Trinajstić information content (AvgIpc) is 2.37. The van der Waals surface area contributed by atoms with Crippen LogP contribution in [0.3, 0.4) is 0 Å². The molecule has 22 heavy (non-hydrogen) atoms. The smallest absolute Gasteiger partial charge is 0.410 e. The highest BCUT2D eigenvalue weighted by Crippen LogP contribution is 2.29. The first kappa shape index (κ1) is 16.3. The lowest BCUT2D eigenvalue weighted by Crippen LogP contribution is -2.41. The number of anilines is 1. The SMILES string of the molecule is Cc1cc(N)nnc1C1=CCN(C(=O)OC(C)(C)C)CC1C. The number of nitrogen functional groups attached to an aromatic ring is 1. The molecule has 0 aliphatic carbocycles. The quantitative estimate of drug-likeness (QED) is 0.862. The van der Waals surface area contributed by atoms with Gasteiger partial charge in [-0.2, -0.15) is 0 Å². The van der Waals surface area contributed by atoms with Crippen LogP contribution in [0.2, 0.25) is 0 Å². The summed E-state index contributed by atoms with van der Waals surface area (Å²) in [6.45, 7) is 10.8. The molecule has 1 atom stereocenters. The molecule has 1 amide bonds. The summed E-state index contributed by atoms with van der Waals surface area (Å²) in [7, 11) is 0. The van der Waals surface area contributed by atoms with E-state index in [0.29, 0.717) is 18.9 Å². The number of carbonyl (C=O) groups is 1. The fraction of sp³-hybridized carbons (Fsp3) is 0.562. The summed E-state index contributed by atoms with van der Waals surface area (Å²) >= 11 is 0. The standard InChI is InChI=1S/C16H24N4O2/c1-10-8-13(17)18-19-14(10)12-6-7-20(9-11(12)2)15(21)22-16(3,4)5/h6,8,11H,7,9H2,1-5H3,(H2,17,18). The monoisotopic (exact) mass is 304 g/mol. The van der Waals surface area contributed by atoms with Crippen LogP contribution in [0.25, 0.3) is 5.57 Å². The van der Waals surface area contributed by atoms with Crippen molar-refractivity contribution in [3.05, 3.63) is 23.4 Å². The maximum absolute atomic E-state index is 12.1. The van der Waals surface area contributed by atoms with Gasteiger partial charge in [0.25, 0.3) is 0 Å². The molecule has 1 aliphatic rings. The molecule has 0 radical (unpaired) electrons. The van der Waals surface area contributed by atoms with Crippen molar-refractivity contribution in [2.24, 2.45) is 5.92 Å². The summed E-state index contributed by atoms with van der Waals surface area (Å²) in [5.74, 6) is 0.582. The lowest BCUT2D eigenvalue weighted by Gasteiger charge is -2.32. The Morgan fingerprint density at radius 1 is 1.41 bits per heavy atom. The zero-order valence-corrected chi connectivity index (χ0v) is 13.9. The molecule has 1 aromatic heterocycles. The van der Waals surface area contributed by atoms with Crippen molar-refractivity contribution in [1.29, 1.82) is 0 Å². The summed E-state index contributed by atoms with van der Waals surface area (Å²) in [4.78, 5) is 13.9. The highest BCUT2D eigenvalue weighted by molar-refractivity contribution is 5.73. The van der Waals surface area contributed by atoms with Crippen LogP contribution < -0.4 is 5.73 Å². The molecule has 0 saturated heterocycles. The third kappa shape index (κ3) is 3.75. The normalized spacial score (nSPS) is 18.9. The van der Waals surface area contributed by atoms with Crippen molar-refractivity contribution >= 4 is 17.5 Å². The topological polar surface area (TPSA) is 81.3 Å². The van der Waals surface area contributed by atoms with Crippen LogP contribution in [0, 0.1) is 12.8 Å². The van der Waals surface area contributed by atoms with Crippen molar-refractivity contribution in [2.75, 3.05) is 18.8 Å². The number of aromatic nitrogens is 2. The van der Waals surface area contributed by atoms with Gasteiger partial charge in [-0.15, -0.1) is 10.2 Å². The summed E-state index contributed by atoms with van der Waals surface area (Å²) in [6, 6.07) is 1.82. The molecular weight excluding hydrogens is 280 g/mol. The molecule has 2 N–H and O–H groups in total. The van der Waals surface area contributed by atoms with Crippen molar-refractivity contribution in [2.45, 2.75) is 40.2 Å². The molecular formula is C16H24N4O2. The van der Waals surface area contributed by atoms with Gasteiger partial charge >= 0.3 is 6.09 Å². The minimum atomic E-state index is -0.483. The fourth-order valence-electron chi connectivity index (χ4n) is 2.51. The Hall–Kier alpha value is -2.11. The lowest BCUT2D eigenvalue weighted by molar-refractivity contribution is 0.0251. The first-order valence-electron chi connectivity index (χ1n) is 7.45. The van der Waals surface area contributed by atoms with Crippen LogP contribution in [0.4, 0.5) is 10.6 Å². The Morgan fingerprint density at radius 3 is 2.64 bits per heavy atom. The van der Waals surface area contributed by atoms with Crippen LogP contribution in [-0.2, 0) is 4.74 Å². The zero-order chi connectivity index (χ0) is 16.5. The molecule has 6 heteroatoms. The van der Waals surface area contributed by atoms with E-state index in [-0.39, 0.29) is 12.0 Å². The van der Waals surface area contributed by atoms with Crippen molar-refractivity contribution in [3.8, 4) is 0 Å². The summed E-state index contributed by atoms with van der Waals surface area (Å²) < 4.78 is 5.42. The molecule has 1 aliphatic heterocycles. The van der Waals surface area contributed by atoms with E-state index in [2.05, 4.69) is 17.1 Å². The average molecular weight is 304 g/mol. The van der Waals surface area contributed by atoms with Crippen LogP contribution in [0.1, 0.15) is 39.0 Å². The summed E-state index contributed by atoms with van der Waals surface area (Å²) in [5.41, 5.74) is 8.12. The molecule has 0 fully saturated rings. The second kappa shape index (κ2) is 5.94. The maximum atomic E-state index is 12.1. The Morgan fingerprint density at radius 2 is 2.09 bits per heavy atom. The molecule has 0 spiro atoms. The fourth-order valence-corrected chi connectivity index (χ4v) is 2.51. The Kier molecular flexibility index (Phi) is 4.39. The van der Waals surface area contributed by atoms with Crippen LogP contribution in [-0.4, -0.2) is 39.9 Å². The Balaban J connectivity index is 2.16. The van der Waals surface area contributed by atoms with E-state index < -0.39 is 5.60 Å². The molecule has 120 valence electrons. The number of amides is 1. The van der Waals surface area contributed by atoms with Crippen LogP contribution in [0.5, 0.6) is 0 Å². The van der Waals surface area contributed by atoms with Crippen LogP contribution in [0.15, 0.2) is 12.1 Å². The number of carbonyl (C=O) groups excluding carboxylic acids is 1. The molecule has 1 unspecified atom stereocenters. The van der Waals surface area contributed by atoms with Crippen molar-refractivity contribution in [3.63, 3.8) is 0 Å². The van der Waals surface area contributed by atoms with E-state index in [0.717, 1.165) is 16.8 Å². The molecule has 2 heterocycles. The third-order valence-electron chi connectivity index (χ3n) is 3.49. The minimum absolute atomic E-state index is 0.165. The number of hydrogen-bond donors (Lipinski definition) is 1. The molecule has 0 aromatic carbocycles. The minimum Gasteiger partial charge on any atom is -0.444 e. The second-order valence-corrected chi connectivity index (χ2v) is 6.75. The van der Waals surface area contributed by atoms with Crippen LogP contribution >= 0.6 is 0 Å². The van der Waals surface area contributed by atoms with Gasteiger partial charge in [-0.05, 0) is 44.9 Å². The van der Waals surface area contributed by atoms with E-state index in [9.17, 15) is 4.79 Å². The third-order valence-corrected chi connectivity index (χ3v) is 3.49. The van der Waals surface area contributed by atoms with Gasteiger partial charge in [-0.1, -0.05) is 13.0 Å². The predicted octanol–water partition coefficient (Wildman–Crippen LogP) is 2.64.